The first-order valence-corrected chi connectivity index (χ1v) is 4.27. The zero-order valence-electron chi connectivity index (χ0n) is 7.25. The van der Waals surface area contributed by atoms with Gasteiger partial charge in [0.15, 0.2) is 0 Å². The summed E-state index contributed by atoms with van der Waals surface area (Å²) in [6, 6.07) is 7.05. The first-order valence-electron chi connectivity index (χ1n) is 3.87. The van der Waals surface area contributed by atoms with Gasteiger partial charge in [0.1, 0.15) is 6.04 Å². The van der Waals surface area contributed by atoms with Crippen LogP contribution < -0.4 is 5.73 Å². The molecule has 0 aliphatic heterocycles. The molecule has 0 bridgehead atoms. The van der Waals surface area contributed by atoms with E-state index in [9.17, 15) is 9.59 Å². The maximum absolute atomic E-state index is 10.8. The topological polar surface area (TPSA) is 63.4 Å². The minimum atomic E-state index is -0.864. The molecule has 5 heteroatoms. The first-order chi connectivity index (χ1) is 6.66. The number of hydrogen-bond acceptors (Lipinski definition) is 3. The number of carbonyl (C=O) groups is 1. The van der Waals surface area contributed by atoms with Crippen LogP contribution in [0.15, 0.2) is 30.3 Å². The van der Waals surface area contributed by atoms with E-state index in [0.29, 0.717) is 5.56 Å². The Bertz CT molecular complexity index is 329. The summed E-state index contributed by atoms with van der Waals surface area (Å²) in [4.78, 5) is 21.4. The van der Waals surface area contributed by atoms with Crippen molar-refractivity contribution in [3.05, 3.63) is 35.9 Å². The fraction of sp³-hybridized carbons (Fsp3) is 0.111. The third-order valence-corrected chi connectivity index (χ3v) is 2.13. The van der Waals surface area contributed by atoms with E-state index in [1.807, 2.05) is 0 Å². The minimum absolute atomic E-state index is 0.622. The van der Waals surface area contributed by atoms with Gasteiger partial charge < -0.3 is 5.73 Å². The lowest BCUT2D eigenvalue weighted by Crippen LogP contribution is -2.32. The van der Waals surface area contributed by atoms with Crippen LogP contribution in [0.2, 0.25) is 0 Å². The fourth-order valence-electron chi connectivity index (χ4n) is 1.02. The van der Waals surface area contributed by atoms with E-state index in [1.54, 1.807) is 36.6 Å². The van der Waals surface area contributed by atoms with E-state index in [1.165, 1.54) is 0 Å². The predicted octanol–water partition coefficient (Wildman–Crippen LogP) is 1.06. The summed E-state index contributed by atoms with van der Waals surface area (Å²) in [7, 11) is 0. The maximum Gasteiger partial charge on any atom is 0.325 e. The Kier molecular flexibility index (Phi) is 3.53. The SMILES string of the molecule is NC(=O)N(S)C([C]=O)c1ccccc1. The van der Waals surface area contributed by atoms with Crippen molar-refractivity contribution >= 4 is 25.1 Å². The van der Waals surface area contributed by atoms with Gasteiger partial charge in [0.25, 0.3) is 0 Å². The lowest BCUT2D eigenvalue weighted by molar-refractivity contribution is 0.231. The number of hydrogen-bond donors (Lipinski definition) is 2. The molecule has 4 nitrogen and oxygen atoms in total. The average molecular weight is 209 g/mol. The van der Waals surface area contributed by atoms with E-state index in [4.69, 9.17) is 5.73 Å². The summed E-state index contributed by atoms with van der Waals surface area (Å²) in [5, 5.41) is 0. The van der Waals surface area contributed by atoms with Gasteiger partial charge in [0.05, 0.1) is 0 Å². The molecule has 73 valence electrons. The third kappa shape index (κ3) is 2.26. The molecular formula is C9H9N2O2S. The summed E-state index contributed by atoms with van der Waals surface area (Å²) in [5.74, 6) is 0. The van der Waals surface area contributed by atoms with Crippen LogP contribution in [0.4, 0.5) is 4.79 Å². The second-order valence-corrected chi connectivity index (χ2v) is 3.04. The Morgan fingerprint density at radius 2 is 2.00 bits per heavy atom. The van der Waals surface area contributed by atoms with Gasteiger partial charge in [0.2, 0.25) is 6.29 Å². The molecule has 0 aliphatic rings. The summed E-state index contributed by atoms with van der Waals surface area (Å²) in [6.45, 7) is 0. The largest absolute Gasteiger partial charge is 0.351 e. The molecule has 0 heterocycles. The van der Waals surface area contributed by atoms with Gasteiger partial charge in [-0.25, -0.2) is 4.79 Å². The van der Waals surface area contributed by atoms with Crippen LogP contribution in [0.1, 0.15) is 11.6 Å². The lowest BCUT2D eigenvalue weighted by atomic mass is 10.1. The van der Waals surface area contributed by atoms with Gasteiger partial charge in [-0.15, -0.1) is 0 Å². The van der Waals surface area contributed by atoms with Gasteiger partial charge in [0, 0.05) is 0 Å². The Balaban J connectivity index is 2.93. The van der Waals surface area contributed by atoms with Crippen molar-refractivity contribution in [3.8, 4) is 0 Å². The minimum Gasteiger partial charge on any atom is -0.351 e. The van der Waals surface area contributed by atoms with Crippen LogP contribution in [0, 0.1) is 0 Å². The summed E-state index contributed by atoms with van der Waals surface area (Å²) >= 11 is 3.81. The smallest absolute Gasteiger partial charge is 0.325 e. The summed E-state index contributed by atoms with van der Waals surface area (Å²) in [6.07, 6.45) is 1.70. The Hall–Kier alpha value is -1.49. The van der Waals surface area contributed by atoms with E-state index in [2.05, 4.69) is 12.8 Å². The summed E-state index contributed by atoms with van der Waals surface area (Å²) < 4.78 is 0.836. The fourth-order valence-corrected chi connectivity index (χ4v) is 1.20. The molecule has 0 aliphatic carbocycles. The molecular weight excluding hydrogens is 200 g/mol. The molecule has 1 unspecified atom stereocenters. The van der Waals surface area contributed by atoms with Gasteiger partial charge in [-0.1, -0.05) is 43.1 Å². The van der Waals surface area contributed by atoms with E-state index >= 15 is 0 Å². The van der Waals surface area contributed by atoms with Crippen molar-refractivity contribution < 1.29 is 9.59 Å². The van der Waals surface area contributed by atoms with Crippen molar-refractivity contribution in [3.63, 3.8) is 0 Å². The zero-order chi connectivity index (χ0) is 10.6. The number of amides is 2. The molecule has 1 radical (unpaired) electrons. The number of benzene rings is 1. The Morgan fingerprint density at radius 3 is 2.43 bits per heavy atom. The predicted molar refractivity (Wildman–Crippen MR) is 55.3 cm³/mol. The molecule has 2 amide bonds. The standard InChI is InChI=1S/C9H9N2O2S/c10-9(13)11(14)8(6-12)7-4-2-1-3-5-7/h1-5,8,14H,(H2,10,13). The molecule has 0 aromatic heterocycles. The normalized spacial score (nSPS) is 11.8. The highest BCUT2D eigenvalue weighted by Crippen LogP contribution is 2.19. The highest BCUT2D eigenvalue weighted by Gasteiger charge is 2.20. The van der Waals surface area contributed by atoms with E-state index in [-0.39, 0.29) is 0 Å². The number of primary amides is 1. The van der Waals surface area contributed by atoms with Crippen LogP contribution in [-0.4, -0.2) is 16.6 Å². The van der Waals surface area contributed by atoms with Crippen LogP contribution in [0.3, 0.4) is 0 Å². The van der Waals surface area contributed by atoms with Crippen LogP contribution in [-0.2, 0) is 4.79 Å². The quantitative estimate of drug-likeness (QED) is 0.731. The molecule has 0 spiro atoms. The molecule has 14 heavy (non-hydrogen) atoms. The van der Waals surface area contributed by atoms with Crippen molar-refractivity contribution in [2.75, 3.05) is 0 Å². The summed E-state index contributed by atoms with van der Waals surface area (Å²) in [5.41, 5.74) is 5.60. The van der Waals surface area contributed by atoms with Crippen molar-refractivity contribution in [1.29, 1.82) is 0 Å². The highest BCUT2D eigenvalue weighted by molar-refractivity contribution is 7.78. The Labute approximate surface area is 87.2 Å². The molecule has 0 saturated heterocycles. The Morgan fingerprint density at radius 1 is 1.43 bits per heavy atom. The molecule has 1 aromatic carbocycles. The van der Waals surface area contributed by atoms with Gasteiger partial charge in [-0.2, -0.15) is 0 Å². The third-order valence-electron chi connectivity index (χ3n) is 1.70. The molecule has 0 fully saturated rings. The zero-order valence-corrected chi connectivity index (χ0v) is 8.15. The molecule has 1 atom stereocenters. The van der Waals surface area contributed by atoms with E-state index < -0.39 is 12.1 Å². The molecule has 1 rings (SSSR count). The highest BCUT2D eigenvalue weighted by atomic mass is 32.1. The number of rotatable bonds is 3. The monoisotopic (exact) mass is 209 g/mol. The number of nitrogens with zero attached hydrogens (tertiary/aromatic N) is 1. The number of thiol groups is 1. The number of carbonyl (C=O) groups excluding carboxylic acids is 2. The van der Waals surface area contributed by atoms with Crippen LogP contribution >= 0.6 is 12.8 Å². The number of nitrogens with two attached hydrogens (primary N) is 1. The van der Waals surface area contributed by atoms with Gasteiger partial charge in [-0.05, 0) is 5.56 Å². The van der Waals surface area contributed by atoms with E-state index in [0.717, 1.165) is 4.31 Å². The van der Waals surface area contributed by atoms with Crippen molar-refractivity contribution in [2.24, 2.45) is 5.73 Å². The number of urea groups is 1. The lowest BCUT2D eigenvalue weighted by Gasteiger charge is -2.19. The second-order valence-electron chi connectivity index (χ2n) is 2.61. The average Bonchev–Trinajstić information content (AvgIpc) is 2.20. The van der Waals surface area contributed by atoms with Crippen LogP contribution in [0.25, 0.3) is 0 Å². The first kappa shape index (κ1) is 10.6. The molecule has 0 saturated carbocycles. The van der Waals surface area contributed by atoms with Gasteiger partial charge >= 0.3 is 6.03 Å². The van der Waals surface area contributed by atoms with Crippen LogP contribution in [0.5, 0.6) is 0 Å². The van der Waals surface area contributed by atoms with Gasteiger partial charge in [-0.3, -0.25) is 9.10 Å². The van der Waals surface area contributed by atoms with Crippen molar-refractivity contribution in [1.82, 2.24) is 4.31 Å². The maximum atomic E-state index is 10.8. The molecule has 1 aromatic rings. The second kappa shape index (κ2) is 4.66. The molecule has 2 N–H and O–H groups in total. The van der Waals surface area contributed by atoms with Crippen molar-refractivity contribution in [2.45, 2.75) is 6.04 Å².